The van der Waals surface area contributed by atoms with E-state index in [1.54, 1.807) is 13.2 Å². The van der Waals surface area contributed by atoms with E-state index < -0.39 is 0 Å². The normalized spacial score (nSPS) is 11.8. The maximum atomic E-state index is 11.7. The predicted octanol–water partition coefficient (Wildman–Crippen LogP) is 1.66. The number of hydrogen-bond donors (Lipinski definition) is 2. The Morgan fingerprint density at radius 2 is 2.15 bits per heavy atom. The van der Waals surface area contributed by atoms with Crippen LogP contribution in [0.15, 0.2) is 18.2 Å². The van der Waals surface area contributed by atoms with E-state index >= 15 is 0 Å². The van der Waals surface area contributed by atoms with Gasteiger partial charge in [-0.05, 0) is 44.4 Å². The van der Waals surface area contributed by atoms with Crippen molar-refractivity contribution in [2.75, 3.05) is 20.3 Å². The Morgan fingerprint density at radius 1 is 1.40 bits per heavy atom. The molecule has 0 heterocycles. The van der Waals surface area contributed by atoms with E-state index in [1.165, 1.54) is 0 Å². The molecule has 1 aromatic rings. The van der Waals surface area contributed by atoms with E-state index in [4.69, 9.17) is 14.6 Å². The van der Waals surface area contributed by atoms with Gasteiger partial charge in [0.05, 0.1) is 7.11 Å². The minimum Gasteiger partial charge on any atom is -0.493 e. The Hall–Kier alpha value is -1.75. The van der Waals surface area contributed by atoms with Gasteiger partial charge in [-0.1, -0.05) is 6.07 Å². The highest BCUT2D eigenvalue weighted by Gasteiger charge is 2.10. The molecule has 1 aromatic carbocycles. The van der Waals surface area contributed by atoms with Gasteiger partial charge in [-0.3, -0.25) is 4.79 Å². The van der Waals surface area contributed by atoms with Crippen LogP contribution in [-0.4, -0.2) is 37.4 Å². The molecule has 0 saturated heterocycles. The van der Waals surface area contributed by atoms with Crippen LogP contribution in [0.2, 0.25) is 0 Å². The van der Waals surface area contributed by atoms with Gasteiger partial charge in [0.15, 0.2) is 18.1 Å². The first-order valence-corrected chi connectivity index (χ1v) is 6.74. The highest BCUT2D eigenvalue weighted by atomic mass is 16.5. The van der Waals surface area contributed by atoms with Crippen LogP contribution in [0, 0.1) is 6.92 Å². The molecule has 0 saturated carbocycles. The Balaban J connectivity index is 2.44. The van der Waals surface area contributed by atoms with E-state index in [1.807, 2.05) is 26.0 Å². The molecule has 0 bridgehead atoms. The minimum atomic E-state index is -0.182. The van der Waals surface area contributed by atoms with Crippen LogP contribution in [0.1, 0.15) is 25.3 Å². The number of aryl methyl sites for hydroxylation is 1. The summed E-state index contributed by atoms with van der Waals surface area (Å²) in [5.74, 6) is 0.987. The molecule has 0 spiro atoms. The molecule has 112 valence electrons. The van der Waals surface area contributed by atoms with E-state index in [-0.39, 0.29) is 25.2 Å². The van der Waals surface area contributed by atoms with E-state index in [0.29, 0.717) is 17.9 Å². The Labute approximate surface area is 119 Å². The number of aliphatic hydroxyl groups excluding tert-OH is 1. The van der Waals surface area contributed by atoms with Gasteiger partial charge in [0.1, 0.15) is 0 Å². The van der Waals surface area contributed by atoms with Gasteiger partial charge in [0, 0.05) is 12.6 Å². The standard InChI is InChI=1S/C15H23NO4/c1-11-6-7-13(14(9-11)19-3)20-10-15(18)16-12(2)5-4-8-17/h6-7,9,12,17H,4-5,8,10H2,1-3H3,(H,16,18). The zero-order chi connectivity index (χ0) is 15.0. The maximum Gasteiger partial charge on any atom is 0.258 e. The van der Waals surface area contributed by atoms with Gasteiger partial charge in [-0.15, -0.1) is 0 Å². The van der Waals surface area contributed by atoms with Crippen molar-refractivity contribution in [2.45, 2.75) is 32.7 Å². The number of hydrogen-bond acceptors (Lipinski definition) is 4. The molecule has 0 aliphatic heterocycles. The number of aliphatic hydroxyl groups is 1. The lowest BCUT2D eigenvalue weighted by molar-refractivity contribution is -0.123. The van der Waals surface area contributed by atoms with Crippen LogP contribution in [0.5, 0.6) is 11.5 Å². The molecule has 1 amide bonds. The number of nitrogens with one attached hydrogen (secondary N) is 1. The molecule has 0 aromatic heterocycles. The van der Waals surface area contributed by atoms with Gasteiger partial charge in [0.2, 0.25) is 0 Å². The van der Waals surface area contributed by atoms with Gasteiger partial charge >= 0.3 is 0 Å². The van der Waals surface area contributed by atoms with E-state index in [9.17, 15) is 4.79 Å². The van der Waals surface area contributed by atoms with Crippen molar-refractivity contribution in [1.29, 1.82) is 0 Å². The van der Waals surface area contributed by atoms with Gasteiger partial charge in [0.25, 0.3) is 5.91 Å². The lowest BCUT2D eigenvalue weighted by atomic mass is 10.2. The third-order valence-corrected chi connectivity index (χ3v) is 2.88. The zero-order valence-electron chi connectivity index (χ0n) is 12.3. The zero-order valence-corrected chi connectivity index (χ0v) is 12.3. The topological polar surface area (TPSA) is 67.8 Å². The van der Waals surface area contributed by atoms with Gasteiger partial charge in [-0.2, -0.15) is 0 Å². The Kier molecular flexibility index (Phi) is 6.87. The van der Waals surface area contributed by atoms with Crippen molar-refractivity contribution in [1.82, 2.24) is 5.32 Å². The summed E-state index contributed by atoms with van der Waals surface area (Å²) < 4.78 is 10.7. The second-order valence-corrected chi connectivity index (χ2v) is 4.78. The summed E-state index contributed by atoms with van der Waals surface area (Å²) in [7, 11) is 1.57. The van der Waals surface area contributed by atoms with Crippen LogP contribution >= 0.6 is 0 Å². The van der Waals surface area contributed by atoms with Gasteiger partial charge < -0.3 is 19.9 Å². The van der Waals surface area contributed by atoms with Crippen molar-refractivity contribution in [2.24, 2.45) is 0 Å². The number of amides is 1. The molecular weight excluding hydrogens is 258 g/mol. The fraction of sp³-hybridized carbons (Fsp3) is 0.533. The molecule has 1 unspecified atom stereocenters. The summed E-state index contributed by atoms with van der Waals surface area (Å²) in [5.41, 5.74) is 1.07. The van der Waals surface area contributed by atoms with Crippen LogP contribution in [0.3, 0.4) is 0 Å². The van der Waals surface area contributed by atoms with Crippen molar-refractivity contribution in [3.05, 3.63) is 23.8 Å². The molecular formula is C15H23NO4. The number of carbonyl (C=O) groups is 1. The number of benzene rings is 1. The summed E-state index contributed by atoms with van der Waals surface area (Å²) in [4.78, 5) is 11.7. The summed E-state index contributed by atoms with van der Waals surface area (Å²) in [5, 5.41) is 11.5. The monoisotopic (exact) mass is 281 g/mol. The van der Waals surface area contributed by atoms with Crippen molar-refractivity contribution >= 4 is 5.91 Å². The van der Waals surface area contributed by atoms with Crippen LogP contribution in [0.4, 0.5) is 0 Å². The fourth-order valence-corrected chi connectivity index (χ4v) is 1.82. The third kappa shape index (κ3) is 5.48. The lowest BCUT2D eigenvalue weighted by Crippen LogP contribution is -2.36. The molecule has 2 N–H and O–H groups in total. The predicted molar refractivity (Wildman–Crippen MR) is 77.2 cm³/mol. The summed E-state index contributed by atoms with van der Waals surface area (Å²) in [6.07, 6.45) is 1.42. The summed E-state index contributed by atoms with van der Waals surface area (Å²) >= 11 is 0. The second-order valence-electron chi connectivity index (χ2n) is 4.78. The van der Waals surface area contributed by atoms with Crippen molar-refractivity contribution < 1.29 is 19.4 Å². The molecule has 1 atom stereocenters. The average Bonchev–Trinajstić information content (AvgIpc) is 2.43. The first-order valence-electron chi connectivity index (χ1n) is 6.74. The second kappa shape index (κ2) is 8.43. The fourth-order valence-electron chi connectivity index (χ4n) is 1.82. The highest BCUT2D eigenvalue weighted by Crippen LogP contribution is 2.27. The van der Waals surface area contributed by atoms with Crippen LogP contribution in [-0.2, 0) is 4.79 Å². The molecule has 0 radical (unpaired) electrons. The molecule has 0 aliphatic carbocycles. The molecule has 0 fully saturated rings. The number of methoxy groups -OCH3 is 1. The minimum absolute atomic E-state index is 0.0261. The number of ether oxygens (including phenoxy) is 2. The molecule has 0 aliphatic rings. The molecule has 5 heteroatoms. The van der Waals surface area contributed by atoms with Crippen molar-refractivity contribution in [3.63, 3.8) is 0 Å². The van der Waals surface area contributed by atoms with Crippen LogP contribution < -0.4 is 14.8 Å². The SMILES string of the molecule is COc1cc(C)ccc1OCC(=O)NC(C)CCCO. The summed E-state index contributed by atoms with van der Waals surface area (Å²) in [6.45, 7) is 3.95. The lowest BCUT2D eigenvalue weighted by Gasteiger charge is -2.14. The van der Waals surface area contributed by atoms with Crippen LogP contribution in [0.25, 0.3) is 0 Å². The quantitative estimate of drug-likeness (QED) is 0.760. The van der Waals surface area contributed by atoms with E-state index in [2.05, 4.69) is 5.32 Å². The first kappa shape index (κ1) is 16.3. The van der Waals surface area contributed by atoms with Crippen molar-refractivity contribution in [3.8, 4) is 11.5 Å². The third-order valence-electron chi connectivity index (χ3n) is 2.88. The number of rotatable bonds is 8. The first-order chi connectivity index (χ1) is 9.56. The van der Waals surface area contributed by atoms with E-state index in [0.717, 1.165) is 12.0 Å². The molecule has 5 nitrogen and oxygen atoms in total. The Bertz CT molecular complexity index is 434. The maximum absolute atomic E-state index is 11.7. The smallest absolute Gasteiger partial charge is 0.258 e. The molecule has 20 heavy (non-hydrogen) atoms. The average molecular weight is 281 g/mol. The molecule has 1 rings (SSSR count). The Morgan fingerprint density at radius 3 is 2.80 bits per heavy atom. The number of carbonyl (C=O) groups excluding carboxylic acids is 1. The highest BCUT2D eigenvalue weighted by molar-refractivity contribution is 5.77. The van der Waals surface area contributed by atoms with Gasteiger partial charge in [-0.25, -0.2) is 0 Å². The summed E-state index contributed by atoms with van der Waals surface area (Å²) in [6, 6.07) is 5.58. The largest absolute Gasteiger partial charge is 0.493 e.